The Kier molecular flexibility index (Phi) is 4.30. The van der Waals surface area contributed by atoms with E-state index in [1.807, 2.05) is 11.8 Å². The van der Waals surface area contributed by atoms with Crippen LogP contribution in [0.1, 0.15) is 43.0 Å². The summed E-state index contributed by atoms with van der Waals surface area (Å²) in [4.78, 5) is 14.4. The molecule has 1 N–H and O–H groups in total. The maximum atomic E-state index is 12.6. The van der Waals surface area contributed by atoms with E-state index in [2.05, 4.69) is 0 Å². The van der Waals surface area contributed by atoms with Crippen LogP contribution in [0, 0.1) is 0 Å². The summed E-state index contributed by atoms with van der Waals surface area (Å²) < 4.78 is 5.05. The van der Waals surface area contributed by atoms with Crippen molar-refractivity contribution in [2.24, 2.45) is 0 Å². The maximum Gasteiger partial charge on any atom is 0.257 e. The molecule has 0 unspecified atom stereocenters. The number of ether oxygens (including phenoxy) is 1. The number of carbonyl (C=O) groups excluding carboxylic acids is 1. The van der Waals surface area contributed by atoms with E-state index in [9.17, 15) is 9.90 Å². The van der Waals surface area contributed by atoms with E-state index in [0.29, 0.717) is 23.9 Å². The molecule has 2 rings (SSSR count). The van der Waals surface area contributed by atoms with Crippen molar-refractivity contribution in [1.29, 1.82) is 0 Å². The lowest BCUT2D eigenvalue weighted by Crippen LogP contribution is -2.38. The third kappa shape index (κ3) is 2.67. The Balaban J connectivity index is 2.26. The number of hydrogen-bond donors (Lipinski definition) is 1. The molecule has 19 heavy (non-hydrogen) atoms. The topological polar surface area (TPSA) is 49.8 Å². The number of hydrogen-bond acceptors (Lipinski definition) is 3. The Morgan fingerprint density at radius 3 is 2.68 bits per heavy atom. The highest BCUT2D eigenvalue weighted by molar-refractivity contribution is 5.97. The SMILES string of the molecule is CCN(C(=O)c1cccc(OC)c1O)C1CCCC1. The Hall–Kier alpha value is -1.71. The minimum atomic E-state index is -0.106. The molecule has 0 aliphatic heterocycles. The van der Waals surface area contributed by atoms with Crippen LogP contribution in [0.25, 0.3) is 0 Å². The number of rotatable bonds is 4. The molecule has 1 saturated carbocycles. The molecular formula is C15H21NO3. The number of phenols is 1. The van der Waals surface area contributed by atoms with Crippen molar-refractivity contribution in [2.45, 2.75) is 38.6 Å². The van der Waals surface area contributed by atoms with Crippen molar-refractivity contribution in [3.8, 4) is 11.5 Å². The van der Waals surface area contributed by atoms with Gasteiger partial charge in [-0.3, -0.25) is 4.79 Å². The minimum absolute atomic E-state index is 0.0635. The summed E-state index contributed by atoms with van der Waals surface area (Å²) in [6, 6.07) is 5.34. The molecule has 0 spiro atoms. The maximum absolute atomic E-state index is 12.6. The van der Waals surface area contributed by atoms with Crippen LogP contribution in [-0.4, -0.2) is 35.6 Å². The number of nitrogens with zero attached hydrogens (tertiary/aromatic N) is 1. The molecule has 1 aromatic carbocycles. The summed E-state index contributed by atoms with van der Waals surface area (Å²) in [6.45, 7) is 2.65. The first-order chi connectivity index (χ1) is 9.19. The standard InChI is InChI=1S/C15H21NO3/c1-3-16(11-7-4-5-8-11)15(18)12-9-6-10-13(19-2)14(12)17/h6,9-11,17H,3-5,7-8H2,1-2H3. The van der Waals surface area contributed by atoms with Crippen LogP contribution < -0.4 is 4.74 Å². The largest absolute Gasteiger partial charge is 0.504 e. The lowest BCUT2D eigenvalue weighted by molar-refractivity contribution is 0.0690. The first-order valence-corrected chi connectivity index (χ1v) is 6.86. The van der Waals surface area contributed by atoms with Gasteiger partial charge in [-0.2, -0.15) is 0 Å². The summed E-state index contributed by atoms with van der Waals surface area (Å²) >= 11 is 0. The van der Waals surface area contributed by atoms with Gasteiger partial charge in [0, 0.05) is 12.6 Å². The lowest BCUT2D eigenvalue weighted by atomic mass is 10.1. The summed E-state index contributed by atoms with van der Waals surface area (Å²) in [5.74, 6) is 0.172. The predicted octanol–water partition coefficient (Wildman–Crippen LogP) is 2.81. The lowest BCUT2D eigenvalue weighted by Gasteiger charge is -2.28. The second-order valence-electron chi connectivity index (χ2n) is 4.89. The highest BCUT2D eigenvalue weighted by Crippen LogP contribution is 2.32. The average Bonchev–Trinajstić information content (AvgIpc) is 2.93. The zero-order valence-corrected chi connectivity index (χ0v) is 11.6. The quantitative estimate of drug-likeness (QED) is 0.908. The average molecular weight is 263 g/mol. The van der Waals surface area contributed by atoms with Crippen molar-refractivity contribution >= 4 is 5.91 Å². The molecule has 4 nitrogen and oxygen atoms in total. The predicted molar refractivity (Wildman–Crippen MR) is 73.6 cm³/mol. The number of para-hydroxylation sites is 1. The molecule has 4 heteroatoms. The molecule has 1 aliphatic rings. The van der Waals surface area contributed by atoms with Crippen LogP contribution in [0.2, 0.25) is 0 Å². The van der Waals surface area contributed by atoms with Gasteiger partial charge in [0.05, 0.1) is 12.7 Å². The molecule has 1 amide bonds. The van der Waals surface area contributed by atoms with Gasteiger partial charge in [-0.05, 0) is 31.9 Å². The fourth-order valence-corrected chi connectivity index (χ4v) is 2.80. The summed E-state index contributed by atoms with van der Waals surface area (Å²) in [5.41, 5.74) is 0.327. The third-order valence-corrected chi connectivity index (χ3v) is 3.82. The van der Waals surface area contributed by atoms with Crippen molar-refractivity contribution in [2.75, 3.05) is 13.7 Å². The number of methoxy groups -OCH3 is 1. The second kappa shape index (κ2) is 5.95. The van der Waals surface area contributed by atoms with E-state index in [1.54, 1.807) is 18.2 Å². The highest BCUT2D eigenvalue weighted by atomic mass is 16.5. The molecule has 0 radical (unpaired) electrons. The molecule has 104 valence electrons. The molecule has 0 heterocycles. The van der Waals surface area contributed by atoms with Crippen LogP contribution in [0.5, 0.6) is 11.5 Å². The van der Waals surface area contributed by atoms with Crippen molar-refractivity contribution in [3.05, 3.63) is 23.8 Å². The fourth-order valence-electron chi connectivity index (χ4n) is 2.80. The molecular weight excluding hydrogens is 242 g/mol. The number of amides is 1. The third-order valence-electron chi connectivity index (χ3n) is 3.82. The summed E-state index contributed by atoms with van der Waals surface area (Å²) in [5, 5.41) is 10.1. The monoisotopic (exact) mass is 263 g/mol. The van der Waals surface area contributed by atoms with Crippen LogP contribution in [0.4, 0.5) is 0 Å². The smallest absolute Gasteiger partial charge is 0.257 e. The first-order valence-electron chi connectivity index (χ1n) is 6.86. The van der Waals surface area contributed by atoms with Gasteiger partial charge >= 0.3 is 0 Å². The molecule has 0 atom stereocenters. The van der Waals surface area contributed by atoms with Gasteiger partial charge in [-0.25, -0.2) is 0 Å². The van der Waals surface area contributed by atoms with Crippen LogP contribution in [-0.2, 0) is 0 Å². The molecule has 1 fully saturated rings. The van der Waals surface area contributed by atoms with E-state index in [4.69, 9.17) is 4.74 Å². The minimum Gasteiger partial charge on any atom is -0.504 e. The van der Waals surface area contributed by atoms with E-state index in [0.717, 1.165) is 12.8 Å². The number of phenolic OH excluding ortho intramolecular Hbond substituents is 1. The molecule has 0 bridgehead atoms. The molecule has 0 saturated heterocycles. The molecule has 1 aromatic rings. The summed E-state index contributed by atoms with van der Waals surface area (Å²) in [6.07, 6.45) is 4.48. The van der Waals surface area contributed by atoms with Crippen LogP contribution >= 0.6 is 0 Å². The second-order valence-corrected chi connectivity index (χ2v) is 4.89. The van der Waals surface area contributed by atoms with Gasteiger partial charge in [-0.1, -0.05) is 18.9 Å². The van der Waals surface area contributed by atoms with E-state index >= 15 is 0 Å². The number of carbonyl (C=O) groups is 1. The molecule has 0 aromatic heterocycles. The van der Waals surface area contributed by atoms with Gasteiger partial charge in [0.15, 0.2) is 11.5 Å². The highest BCUT2D eigenvalue weighted by Gasteiger charge is 2.28. The Morgan fingerprint density at radius 2 is 2.11 bits per heavy atom. The van der Waals surface area contributed by atoms with Gasteiger partial charge in [0.25, 0.3) is 5.91 Å². The Labute approximate surface area is 114 Å². The first kappa shape index (κ1) is 13.7. The molecule has 1 aliphatic carbocycles. The zero-order valence-electron chi connectivity index (χ0n) is 11.6. The van der Waals surface area contributed by atoms with Crippen LogP contribution in [0.3, 0.4) is 0 Å². The van der Waals surface area contributed by atoms with Crippen molar-refractivity contribution < 1.29 is 14.6 Å². The van der Waals surface area contributed by atoms with Crippen LogP contribution in [0.15, 0.2) is 18.2 Å². The van der Waals surface area contributed by atoms with E-state index < -0.39 is 0 Å². The van der Waals surface area contributed by atoms with Gasteiger partial charge in [0.2, 0.25) is 0 Å². The summed E-state index contributed by atoms with van der Waals surface area (Å²) in [7, 11) is 1.48. The van der Waals surface area contributed by atoms with Crippen molar-refractivity contribution in [1.82, 2.24) is 4.90 Å². The normalized spacial score (nSPS) is 15.5. The van der Waals surface area contributed by atoms with E-state index in [1.165, 1.54) is 20.0 Å². The van der Waals surface area contributed by atoms with E-state index in [-0.39, 0.29) is 11.7 Å². The Morgan fingerprint density at radius 1 is 1.42 bits per heavy atom. The number of aromatic hydroxyl groups is 1. The zero-order chi connectivity index (χ0) is 13.8. The Bertz CT molecular complexity index is 453. The van der Waals surface area contributed by atoms with Crippen molar-refractivity contribution in [3.63, 3.8) is 0 Å². The van der Waals surface area contributed by atoms with Gasteiger partial charge in [-0.15, -0.1) is 0 Å². The van der Waals surface area contributed by atoms with Gasteiger partial charge in [0.1, 0.15) is 0 Å². The fraction of sp³-hybridized carbons (Fsp3) is 0.533. The number of benzene rings is 1. The van der Waals surface area contributed by atoms with Gasteiger partial charge < -0.3 is 14.7 Å².